The van der Waals surface area contributed by atoms with Gasteiger partial charge in [-0.05, 0) is 37.5 Å². The van der Waals surface area contributed by atoms with Gasteiger partial charge in [-0.2, -0.15) is 0 Å². The van der Waals surface area contributed by atoms with Crippen LogP contribution in [0.2, 0.25) is 5.02 Å². The van der Waals surface area contributed by atoms with E-state index in [2.05, 4.69) is 10.3 Å². The highest BCUT2D eigenvalue weighted by atomic mass is 35.5. The van der Waals surface area contributed by atoms with Crippen molar-refractivity contribution in [2.24, 2.45) is 4.99 Å². The molecule has 2 aliphatic heterocycles. The van der Waals surface area contributed by atoms with Gasteiger partial charge in [0.05, 0.1) is 11.1 Å². The average molecular weight is 476 g/mol. The van der Waals surface area contributed by atoms with Crippen molar-refractivity contribution in [3.05, 3.63) is 50.9 Å². The second-order valence-electron chi connectivity index (χ2n) is 8.14. The van der Waals surface area contributed by atoms with Gasteiger partial charge in [-0.3, -0.25) is 10.1 Å². The van der Waals surface area contributed by atoms with Crippen molar-refractivity contribution < 1.29 is 14.7 Å². The van der Waals surface area contributed by atoms with Crippen LogP contribution in [0, 0.1) is 6.92 Å². The molecule has 2 N–H and O–H groups in total. The van der Waals surface area contributed by atoms with Crippen LogP contribution in [0.5, 0.6) is 0 Å². The number of carbonyl (C=O) groups is 2. The number of hydrogen-bond acceptors (Lipinski definition) is 7. The summed E-state index contributed by atoms with van der Waals surface area (Å²) in [5, 5.41) is 14.7. The lowest BCUT2D eigenvalue weighted by molar-refractivity contribution is -0.127. The molecule has 3 amide bonds. The number of likely N-dealkylation sites (N-methyl/N-ethyl adjacent to an activating group) is 1. The Morgan fingerprint density at radius 1 is 1.25 bits per heavy atom. The first-order chi connectivity index (χ1) is 15.3. The molecule has 0 bridgehead atoms. The molecule has 170 valence electrons. The number of aryl methyl sites for hydroxylation is 2. The summed E-state index contributed by atoms with van der Waals surface area (Å²) in [5.74, 6) is 0.414. The van der Waals surface area contributed by atoms with Gasteiger partial charge < -0.3 is 14.9 Å². The van der Waals surface area contributed by atoms with E-state index in [1.807, 2.05) is 30.2 Å². The highest BCUT2D eigenvalue weighted by Crippen LogP contribution is 2.27. The van der Waals surface area contributed by atoms with Crippen LogP contribution in [-0.4, -0.2) is 69.6 Å². The zero-order chi connectivity index (χ0) is 22.8. The number of aliphatic hydroxyl groups is 1. The minimum absolute atomic E-state index is 0.353. The number of imide groups is 1. The summed E-state index contributed by atoms with van der Waals surface area (Å²) >= 11 is 7.58. The molecule has 3 unspecified atom stereocenters. The molecule has 0 radical (unpaired) electrons. The maximum atomic E-state index is 12.7. The van der Waals surface area contributed by atoms with Gasteiger partial charge in [0.2, 0.25) is 0 Å². The number of carbonyl (C=O) groups excluding carboxylic acids is 2. The molecule has 0 saturated carbocycles. The van der Waals surface area contributed by atoms with Gasteiger partial charge in [0.25, 0.3) is 5.91 Å². The summed E-state index contributed by atoms with van der Waals surface area (Å²) in [6.07, 6.45) is 2.99. The Morgan fingerprint density at radius 2 is 2.00 bits per heavy atom. The molecular formula is C22H26ClN5O3S. The van der Waals surface area contributed by atoms with Crippen molar-refractivity contribution in [3.63, 3.8) is 0 Å². The molecule has 1 fully saturated rings. The monoisotopic (exact) mass is 475 g/mol. The average Bonchev–Trinajstić information content (AvgIpc) is 3.34. The normalized spacial score (nSPS) is 21.4. The zero-order valence-electron chi connectivity index (χ0n) is 18.0. The molecule has 2 aliphatic rings. The van der Waals surface area contributed by atoms with Crippen molar-refractivity contribution in [2.75, 3.05) is 13.6 Å². The van der Waals surface area contributed by atoms with Gasteiger partial charge >= 0.3 is 6.03 Å². The predicted molar refractivity (Wildman–Crippen MR) is 124 cm³/mol. The number of hydrogen-bond donors (Lipinski definition) is 2. The third-order valence-corrected chi connectivity index (χ3v) is 6.99. The summed E-state index contributed by atoms with van der Waals surface area (Å²) in [4.78, 5) is 38.5. The van der Waals surface area contributed by atoms with Crippen molar-refractivity contribution in [1.29, 1.82) is 0 Å². The molecule has 32 heavy (non-hydrogen) atoms. The Bertz CT molecular complexity index is 1020. The first-order valence-corrected chi connectivity index (χ1v) is 11.8. The molecule has 3 heterocycles. The van der Waals surface area contributed by atoms with Crippen LogP contribution < -0.4 is 5.32 Å². The Balaban J connectivity index is 1.45. The number of urea groups is 1. The number of thiazole rings is 1. The summed E-state index contributed by atoms with van der Waals surface area (Å²) in [6.45, 7) is 2.48. The third-order valence-electron chi connectivity index (χ3n) is 5.77. The van der Waals surface area contributed by atoms with E-state index in [9.17, 15) is 14.7 Å². The molecular weight excluding hydrogens is 450 g/mol. The fourth-order valence-electron chi connectivity index (χ4n) is 4.08. The van der Waals surface area contributed by atoms with Crippen LogP contribution in [0.15, 0.2) is 35.5 Å². The van der Waals surface area contributed by atoms with E-state index in [1.54, 1.807) is 30.5 Å². The first kappa shape index (κ1) is 22.7. The number of rotatable bonds is 8. The van der Waals surface area contributed by atoms with Crippen molar-refractivity contribution >= 4 is 40.7 Å². The Labute approximate surface area is 195 Å². The number of nitrogens with one attached hydrogen (secondary N) is 1. The molecule has 0 spiro atoms. The Hall–Kier alpha value is -2.49. The number of nitrogens with zero attached hydrogens (tertiary/aromatic N) is 4. The fraction of sp³-hybridized carbons (Fsp3) is 0.455. The smallest absolute Gasteiger partial charge is 0.325 e. The molecule has 10 heteroatoms. The third kappa shape index (κ3) is 4.95. The fourth-order valence-corrected chi connectivity index (χ4v) is 4.99. The second-order valence-corrected chi connectivity index (χ2v) is 9.90. The minimum Gasteiger partial charge on any atom is -0.393 e. The van der Waals surface area contributed by atoms with Crippen molar-refractivity contribution in [3.8, 4) is 0 Å². The molecule has 0 aliphatic carbocycles. The lowest BCUT2D eigenvalue weighted by atomic mass is 10.0. The number of amides is 3. The molecule has 2 aromatic rings. The second kappa shape index (κ2) is 9.56. The number of fused-ring (bicyclic) bond motifs is 1. The topological polar surface area (TPSA) is 98.1 Å². The lowest BCUT2D eigenvalue weighted by Crippen LogP contribution is -2.63. The van der Waals surface area contributed by atoms with Gasteiger partial charge in [0.1, 0.15) is 5.84 Å². The number of benzene rings is 1. The number of aliphatic hydroxyl groups excluding tert-OH is 1. The predicted octanol–water partition coefficient (Wildman–Crippen LogP) is 2.62. The van der Waals surface area contributed by atoms with Gasteiger partial charge in [-0.1, -0.05) is 23.7 Å². The molecule has 3 atom stereocenters. The summed E-state index contributed by atoms with van der Waals surface area (Å²) < 4.78 is 0. The zero-order valence-corrected chi connectivity index (χ0v) is 19.6. The van der Waals surface area contributed by atoms with E-state index in [-0.39, 0.29) is 5.91 Å². The number of aliphatic imine (C=N–C) groups is 1. The summed E-state index contributed by atoms with van der Waals surface area (Å²) in [5.41, 5.74) is 0.995. The van der Waals surface area contributed by atoms with Gasteiger partial charge in [-0.25, -0.2) is 14.8 Å². The minimum atomic E-state index is -0.589. The summed E-state index contributed by atoms with van der Waals surface area (Å²) in [6, 6.07) is 6.37. The number of aromatic nitrogens is 1. The van der Waals surface area contributed by atoms with E-state index in [1.165, 1.54) is 4.90 Å². The largest absolute Gasteiger partial charge is 0.393 e. The van der Waals surface area contributed by atoms with Crippen LogP contribution >= 0.6 is 22.9 Å². The number of amidine groups is 1. The Morgan fingerprint density at radius 3 is 2.69 bits per heavy atom. The molecule has 8 nitrogen and oxygen atoms in total. The van der Waals surface area contributed by atoms with Gasteiger partial charge in [-0.15, -0.1) is 11.3 Å². The SMILES string of the molecule is Cc1cnc(CCC2=NC3C(C(=O)NC(=O)N3C)N2CCC(O)Cc2ccc(Cl)cc2)s1. The van der Waals surface area contributed by atoms with Crippen LogP contribution in [0.1, 0.15) is 28.3 Å². The van der Waals surface area contributed by atoms with Crippen LogP contribution in [0.3, 0.4) is 0 Å². The van der Waals surface area contributed by atoms with E-state index in [0.29, 0.717) is 37.3 Å². The lowest BCUT2D eigenvalue weighted by Gasteiger charge is -2.36. The first-order valence-electron chi connectivity index (χ1n) is 10.6. The standard InChI is InChI=1S/C22H26ClN5O3S/c1-13-12-24-18(32-13)8-7-17-25-20-19(21(30)26-22(31)27(20)2)28(17)10-9-16(29)11-14-3-5-15(23)6-4-14/h3-6,12,16,19-20,29H,7-11H2,1-2H3,(H,26,30,31). The molecule has 4 rings (SSSR count). The van der Waals surface area contributed by atoms with E-state index >= 15 is 0 Å². The highest BCUT2D eigenvalue weighted by molar-refractivity contribution is 7.11. The quantitative estimate of drug-likeness (QED) is 0.611. The maximum Gasteiger partial charge on any atom is 0.325 e. The highest BCUT2D eigenvalue weighted by Gasteiger charge is 2.48. The van der Waals surface area contributed by atoms with E-state index < -0.39 is 24.3 Å². The molecule has 1 aromatic carbocycles. The van der Waals surface area contributed by atoms with Crippen LogP contribution in [0.4, 0.5) is 4.79 Å². The van der Waals surface area contributed by atoms with Crippen LogP contribution in [0.25, 0.3) is 0 Å². The van der Waals surface area contributed by atoms with Crippen molar-refractivity contribution in [2.45, 2.75) is 50.9 Å². The van der Waals surface area contributed by atoms with Crippen LogP contribution in [-0.2, 0) is 17.6 Å². The Kier molecular flexibility index (Phi) is 6.78. The molecule has 1 saturated heterocycles. The van der Waals surface area contributed by atoms with Gasteiger partial charge in [0, 0.05) is 42.5 Å². The van der Waals surface area contributed by atoms with E-state index in [0.717, 1.165) is 21.3 Å². The van der Waals surface area contributed by atoms with Crippen molar-refractivity contribution in [1.82, 2.24) is 20.1 Å². The summed E-state index contributed by atoms with van der Waals surface area (Å²) in [7, 11) is 1.64. The van der Waals surface area contributed by atoms with E-state index in [4.69, 9.17) is 16.6 Å². The number of halogens is 1. The molecule has 1 aromatic heterocycles. The maximum absolute atomic E-state index is 12.7. The van der Waals surface area contributed by atoms with Gasteiger partial charge in [0.15, 0.2) is 12.2 Å².